The molecular formula is C21H18BrNO4. The van der Waals surface area contributed by atoms with Crippen molar-refractivity contribution in [2.45, 2.75) is 12.0 Å². The maximum Gasteiger partial charge on any atom is 0.334 e. The van der Waals surface area contributed by atoms with Crippen molar-refractivity contribution < 1.29 is 19.4 Å². The number of Topliss-reactive ketones (excluding diaryl/α,β-unsaturated/α-hetero) is 1. The van der Waals surface area contributed by atoms with Crippen LogP contribution in [0, 0.1) is 0 Å². The fourth-order valence-electron chi connectivity index (χ4n) is 3.00. The molecule has 3 N–H and O–H groups in total. The van der Waals surface area contributed by atoms with E-state index in [4.69, 9.17) is 10.5 Å². The van der Waals surface area contributed by atoms with E-state index < -0.39 is 17.3 Å². The molecule has 0 aliphatic rings. The summed E-state index contributed by atoms with van der Waals surface area (Å²) in [5, 5.41) is 11.9. The number of halogens is 1. The SMILES string of the molecule is COC(=O)[C@](N)(Cc1ccc(Br)cc1)C(=O)c1cc2ccccc2cc1O. The average molecular weight is 428 g/mol. The van der Waals surface area contributed by atoms with E-state index in [1.807, 2.05) is 24.3 Å². The molecule has 0 aliphatic heterocycles. The highest BCUT2D eigenvalue weighted by molar-refractivity contribution is 9.10. The van der Waals surface area contributed by atoms with Crippen molar-refractivity contribution in [3.05, 3.63) is 76.3 Å². The quantitative estimate of drug-likeness (QED) is 0.368. The third kappa shape index (κ3) is 3.72. The number of carbonyl (C=O) groups excluding carboxylic acids is 2. The molecule has 0 bridgehead atoms. The molecule has 0 heterocycles. The molecule has 0 unspecified atom stereocenters. The first-order chi connectivity index (χ1) is 12.8. The Hall–Kier alpha value is -2.70. The Morgan fingerprint density at radius 1 is 1.07 bits per heavy atom. The second-order valence-corrected chi connectivity index (χ2v) is 7.23. The third-order valence-corrected chi connectivity index (χ3v) is 4.99. The fraction of sp³-hybridized carbons (Fsp3) is 0.143. The Morgan fingerprint density at radius 2 is 1.67 bits per heavy atom. The molecule has 3 aromatic carbocycles. The molecule has 27 heavy (non-hydrogen) atoms. The minimum Gasteiger partial charge on any atom is -0.507 e. The number of hydrogen-bond donors (Lipinski definition) is 2. The molecule has 6 heteroatoms. The van der Waals surface area contributed by atoms with Crippen LogP contribution in [-0.4, -0.2) is 29.5 Å². The maximum atomic E-state index is 13.2. The van der Waals surface area contributed by atoms with Gasteiger partial charge in [0.1, 0.15) is 5.75 Å². The summed E-state index contributed by atoms with van der Waals surface area (Å²) in [5.74, 6) is -1.78. The molecule has 0 radical (unpaired) electrons. The molecular weight excluding hydrogens is 410 g/mol. The zero-order chi connectivity index (χ0) is 19.6. The standard InChI is InChI=1S/C21H18BrNO4/c1-27-20(26)21(23,12-13-6-8-16(22)9-7-13)19(25)17-10-14-4-2-3-5-15(14)11-18(17)24/h2-11,24H,12,23H2,1H3/t21-/m0/s1. The van der Waals surface area contributed by atoms with Gasteiger partial charge in [0.05, 0.1) is 12.7 Å². The van der Waals surface area contributed by atoms with Gasteiger partial charge in [-0.1, -0.05) is 52.3 Å². The van der Waals surface area contributed by atoms with Crippen molar-refractivity contribution in [2.75, 3.05) is 7.11 Å². The summed E-state index contributed by atoms with van der Waals surface area (Å²) in [5.41, 5.74) is 4.99. The fourth-order valence-corrected chi connectivity index (χ4v) is 3.27. The smallest absolute Gasteiger partial charge is 0.334 e. The molecule has 0 amide bonds. The lowest BCUT2D eigenvalue weighted by Crippen LogP contribution is -2.57. The lowest BCUT2D eigenvalue weighted by Gasteiger charge is -2.25. The number of benzene rings is 3. The second-order valence-electron chi connectivity index (χ2n) is 6.31. The van der Waals surface area contributed by atoms with Crippen LogP contribution in [0.15, 0.2) is 65.1 Å². The van der Waals surface area contributed by atoms with E-state index in [1.54, 1.807) is 30.3 Å². The van der Waals surface area contributed by atoms with Gasteiger partial charge in [0.2, 0.25) is 0 Å². The van der Waals surface area contributed by atoms with Crippen LogP contribution in [0.1, 0.15) is 15.9 Å². The van der Waals surface area contributed by atoms with Crippen LogP contribution in [0.3, 0.4) is 0 Å². The van der Waals surface area contributed by atoms with Gasteiger partial charge in [-0.2, -0.15) is 0 Å². The first-order valence-electron chi connectivity index (χ1n) is 8.23. The number of phenolic OH excluding ortho intramolecular Hbond substituents is 1. The molecule has 0 aliphatic carbocycles. The molecule has 138 valence electrons. The largest absolute Gasteiger partial charge is 0.507 e. The highest BCUT2D eigenvalue weighted by Crippen LogP contribution is 2.29. The van der Waals surface area contributed by atoms with Gasteiger partial charge in [-0.05, 0) is 40.6 Å². The maximum absolute atomic E-state index is 13.2. The van der Waals surface area contributed by atoms with Crippen LogP contribution >= 0.6 is 15.9 Å². The minimum atomic E-state index is -1.96. The number of nitrogens with two attached hydrogens (primary N) is 1. The van der Waals surface area contributed by atoms with Crippen molar-refractivity contribution >= 4 is 38.5 Å². The minimum absolute atomic E-state index is 0.0151. The summed E-state index contributed by atoms with van der Waals surface area (Å²) >= 11 is 3.34. The molecule has 3 rings (SSSR count). The number of methoxy groups -OCH3 is 1. The number of esters is 1. The number of ether oxygens (including phenoxy) is 1. The van der Waals surface area contributed by atoms with Gasteiger partial charge in [-0.15, -0.1) is 0 Å². The van der Waals surface area contributed by atoms with E-state index in [-0.39, 0.29) is 17.7 Å². The summed E-state index contributed by atoms with van der Waals surface area (Å²) in [6, 6.07) is 17.4. The third-order valence-electron chi connectivity index (χ3n) is 4.46. The first-order valence-corrected chi connectivity index (χ1v) is 9.03. The van der Waals surface area contributed by atoms with Crippen LogP contribution in [0.4, 0.5) is 0 Å². The molecule has 0 saturated carbocycles. The van der Waals surface area contributed by atoms with Gasteiger partial charge in [0.15, 0.2) is 11.3 Å². The van der Waals surface area contributed by atoms with Gasteiger partial charge in [-0.25, -0.2) is 4.79 Å². The lowest BCUT2D eigenvalue weighted by atomic mass is 9.83. The predicted molar refractivity (Wildman–Crippen MR) is 107 cm³/mol. The van der Waals surface area contributed by atoms with E-state index >= 15 is 0 Å². The summed E-state index contributed by atoms with van der Waals surface area (Å²) in [7, 11) is 1.18. The highest BCUT2D eigenvalue weighted by atomic mass is 79.9. The zero-order valence-corrected chi connectivity index (χ0v) is 16.2. The van der Waals surface area contributed by atoms with Crippen LogP contribution in [-0.2, 0) is 16.0 Å². The Balaban J connectivity index is 2.06. The first kappa shape index (κ1) is 19.1. The monoisotopic (exact) mass is 427 g/mol. The van der Waals surface area contributed by atoms with Crippen LogP contribution < -0.4 is 5.73 Å². The van der Waals surface area contributed by atoms with Crippen LogP contribution in [0.5, 0.6) is 5.75 Å². The van der Waals surface area contributed by atoms with Crippen molar-refractivity contribution in [1.82, 2.24) is 0 Å². The molecule has 1 atom stereocenters. The van der Waals surface area contributed by atoms with Gasteiger partial charge in [0.25, 0.3) is 0 Å². The molecule has 3 aromatic rings. The highest BCUT2D eigenvalue weighted by Gasteiger charge is 2.44. The number of aromatic hydroxyl groups is 1. The molecule has 0 saturated heterocycles. The van der Waals surface area contributed by atoms with Crippen molar-refractivity contribution in [2.24, 2.45) is 5.73 Å². The lowest BCUT2D eigenvalue weighted by molar-refractivity contribution is -0.145. The van der Waals surface area contributed by atoms with E-state index in [9.17, 15) is 14.7 Å². The molecule has 0 fully saturated rings. The molecule has 0 spiro atoms. The summed E-state index contributed by atoms with van der Waals surface area (Å²) in [6.07, 6.45) is -0.0575. The van der Waals surface area contributed by atoms with Crippen LogP contribution in [0.25, 0.3) is 10.8 Å². The molecule has 0 aromatic heterocycles. The van der Waals surface area contributed by atoms with Gasteiger partial charge < -0.3 is 15.6 Å². The van der Waals surface area contributed by atoms with E-state index in [1.165, 1.54) is 13.2 Å². The van der Waals surface area contributed by atoms with Gasteiger partial charge >= 0.3 is 5.97 Å². The number of fused-ring (bicyclic) bond motifs is 1. The number of hydrogen-bond acceptors (Lipinski definition) is 5. The number of carbonyl (C=O) groups is 2. The van der Waals surface area contributed by atoms with Gasteiger partial charge in [0, 0.05) is 10.9 Å². The Kier molecular flexibility index (Phi) is 5.30. The average Bonchev–Trinajstić information content (AvgIpc) is 2.67. The normalized spacial score (nSPS) is 13.1. The van der Waals surface area contributed by atoms with Crippen molar-refractivity contribution in [3.63, 3.8) is 0 Å². The Morgan fingerprint density at radius 3 is 2.26 bits per heavy atom. The molecule has 5 nitrogen and oxygen atoms in total. The van der Waals surface area contributed by atoms with Gasteiger partial charge in [-0.3, -0.25) is 4.79 Å². The topological polar surface area (TPSA) is 89.6 Å². The Labute approximate surface area is 164 Å². The summed E-state index contributed by atoms with van der Waals surface area (Å²) < 4.78 is 5.67. The Bertz CT molecular complexity index is 1020. The number of ketones is 1. The van der Waals surface area contributed by atoms with E-state index in [0.29, 0.717) is 5.56 Å². The second kappa shape index (κ2) is 7.50. The van der Waals surface area contributed by atoms with E-state index in [2.05, 4.69) is 15.9 Å². The summed E-state index contributed by atoms with van der Waals surface area (Å²) in [4.78, 5) is 25.6. The van der Waals surface area contributed by atoms with Crippen LogP contribution in [0.2, 0.25) is 0 Å². The number of rotatable bonds is 5. The number of phenols is 1. The van der Waals surface area contributed by atoms with Crippen molar-refractivity contribution in [1.29, 1.82) is 0 Å². The predicted octanol–water partition coefficient (Wildman–Crippen LogP) is 3.60. The van der Waals surface area contributed by atoms with E-state index in [0.717, 1.165) is 15.2 Å². The van der Waals surface area contributed by atoms with Crippen molar-refractivity contribution in [3.8, 4) is 5.75 Å². The zero-order valence-electron chi connectivity index (χ0n) is 14.6. The summed E-state index contributed by atoms with van der Waals surface area (Å²) in [6.45, 7) is 0.